The number of carbonyl (C=O) groups is 2. The smallest absolute Gasteiger partial charge is 0.264 e. The first kappa shape index (κ1) is 32.0. The number of anilines is 1. The van der Waals surface area contributed by atoms with Crippen molar-refractivity contribution in [2.24, 2.45) is 5.92 Å². The van der Waals surface area contributed by atoms with Gasteiger partial charge in [0.25, 0.3) is 10.0 Å². The molecule has 0 aromatic heterocycles. The van der Waals surface area contributed by atoms with Crippen LogP contribution in [0.2, 0.25) is 5.02 Å². The van der Waals surface area contributed by atoms with Crippen LogP contribution in [0.3, 0.4) is 0 Å². The number of carbonyl (C=O) groups excluding carboxylic acids is 2. The number of sulfonamides is 1. The summed E-state index contributed by atoms with van der Waals surface area (Å²) in [6.07, 6.45) is 0.341. The molecular formula is C31H38ClN3O5S. The van der Waals surface area contributed by atoms with Crippen LogP contribution in [0.1, 0.15) is 38.3 Å². The fraction of sp³-hybridized carbons (Fsp3) is 0.355. The second kappa shape index (κ2) is 14.4. The average molecular weight is 600 g/mol. The Morgan fingerprint density at radius 2 is 1.63 bits per heavy atom. The molecule has 3 rings (SSSR count). The molecule has 8 nitrogen and oxygen atoms in total. The first-order valence-electron chi connectivity index (χ1n) is 13.5. The van der Waals surface area contributed by atoms with Crippen molar-refractivity contribution in [3.63, 3.8) is 0 Å². The van der Waals surface area contributed by atoms with Gasteiger partial charge >= 0.3 is 0 Å². The monoisotopic (exact) mass is 599 g/mol. The van der Waals surface area contributed by atoms with Gasteiger partial charge in [-0.3, -0.25) is 13.9 Å². The molecule has 3 aromatic carbocycles. The van der Waals surface area contributed by atoms with Crippen LogP contribution in [0.15, 0.2) is 77.7 Å². The zero-order valence-corrected chi connectivity index (χ0v) is 25.7. The van der Waals surface area contributed by atoms with Gasteiger partial charge in [-0.1, -0.05) is 68.8 Å². The van der Waals surface area contributed by atoms with E-state index in [1.807, 2.05) is 32.9 Å². The molecule has 41 heavy (non-hydrogen) atoms. The second-order valence-electron chi connectivity index (χ2n) is 10.1. The molecule has 0 aliphatic heterocycles. The zero-order valence-electron chi connectivity index (χ0n) is 24.1. The van der Waals surface area contributed by atoms with Gasteiger partial charge in [-0.2, -0.15) is 0 Å². The predicted molar refractivity (Wildman–Crippen MR) is 163 cm³/mol. The third-order valence-corrected chi connectivity index (χ3v) is 8.88. The van der Waals surface area contributed by atoms with Crippen molar-refractivity contribution in [1.29, 1.82) is 0 Å². The molecule has 0 heterocycles. The fourth-order valence-corrected chi connectivity index (χ4v) is 6.03. The second-order valence-corrected chi connectivity index (χ2v) is 12.4. The summed E-state index contributed by atoms with van der Waals surface area (Å²) in [5, 5.41) is 3.30. The SMILES string of the molecule is CC[C@H](C(=O)NCC(C)C)N(Cc1ccc(OC)cc1)C(=O)CN(c1cccc(Cl)c1C)S(=O)(=O)c1ccccc1. The van der Waals surface area contributed by atoms with Gasteiger partial charge in [0.15, 0.2) is 0 Å². The topological polar surface area (TPSA) is 96.0 Å². The largest absolute Gasteiger partial charge is 0.497 e. The lowest BCUT2D eigenvalue weighted by Gasteiger charge is -2.33. The number of hydrogen-bond acceptors (Lipinski definition) is 5. The van der Waals surface area contributed by atoms with Crippen LogP contribution in [0.4, 0.5) is 5.69 Å². The van der Waals surface area contributed by atoms with E-state index >= 15 is 0 Å². The molecule has 10 heteroatoms. The highest BCUT2D eigenvalue weighted by Crippen LogP contribution is 2.31. The Bertz CT molecular complexity index is 1430. The maximum absolute atomic E-state index is 14.2. The van der Waals surface area contributed by atoms with Gasteiger partial charge in [0, 0.05) is 18.1 Å². The number of nitrogens with one attached hydrogen (secondary N) is 1. The molecule has 0 saturated carbocycles. The minimum Gasteiger partial charge on any atom is -0.497 e. The van der Waals surface area contributed by atoms with Gasteiger partial charge in [-0.25, -0.2) is 8.42 Å². The Morgan fingerprint density at radius 3 is 2.22 bits per heavy atom. The first-order chi connectivity index (χ1) is 19.5. The van der Waals surface area contributed by atoms with Crippen molar-refractivity contribution < 1.29 is 22.7 Å². The van der Waals surface area contributed by atoms with Crippen LogP contribution in [-0.4, -0.2) is 51.4 Å². The van der Waals surface area contributed by atoms with Crippen LogP contribution >= 0.6 is 11.6 Å². The van der Waals surface area contributed by atoms with Crippen molar-refractivity contribution in [1.82, 2.24) is 10.2 Å². The number of benzene rings is 3. The molecule has 0 saturated heterocycles. The molecule has 0 spiro atoms. The van der Waals surface area contributed by atoms with Gasteiger partial charge < -0.3 is 15.0 Å². The van der Waals surface area contributed by atoms with Crippen molar-refractivity contribution in [2.75, 3.05) is 24.5 Å². The summed E-state index contributed by atoms with van der Waals surface area (Å²) in [6, 6.07) is 19.2. The van der Waals surface area contributed by atoms with Gasteiger partial charge in [0.1, 0.15) is 18.3 Å². The number of rotatable bonds is 13. The average Bonchev–Trinajstić information content (AvgIpc) is 2.97. The molecule has 220 valence electrons. The lowest BCUT2D eigenvalue weighted by Crippen LogP contribution is -2.52. The van der Waals surface area contributed by atoms with E-state index in [1.54, 1.807) is 62.6 Å². The number of amides is 2. The third-order valence-electron chi connectivity index (χ3n) is 6.70. The maximum Gasteiger partial charge on any atom is 0.264 e. The summed E-state index contributed by atoms with van der Waals surface area (Å²) in [5.41, 5.74) is 1.58. The number of hydrogen-bond donors (Lipinski definition) is 1. The summed E-state index contributed by atoms with van der Waals surface area (Å²) in [7, 11) is -2.60. The Kier molecular flexibility index (Phi) is 11.2. The number of methoxy groups -OCH3 is 1. The summed E-state index contributed by atoms with van der Waals surface area (Å²) >= 11 is 6.38. The highest BCUT2D eigenvalue weighted by atomic mass is 35.5. The molecule has 0 aliphatic carbocycles. The van der Waals surface area contributed by atoms with E-state index in [1.165, 1.54) is 17.0 Å². The van der Waals surface area contributed by atoms with E-state index in [0.29, 0.717) is 29.3 Å². The highest BCUT2D eigenvalue weighted by molar-refractivity contribution is 7.92. The van der Waals surface area contributed by atoms with Crippen molar-refractivity contribution >= 4 is 39.1 Å². The van der Waals surface area contributed by atoms with Crippen LogP contribution in [-0.2, 0) is 26.2 Å². The summed E-state index contributed by atoms with van der Waals surface area (Å²) < 4.78 is 34.2. The van der Waals surface area contributed by atoms with E-state index < -0.39 is 28.5 Å². The molecule has 0 aliphatic rings. The van der Waals surface area contributed by atoms with Gasteiger partial charge in [0.05, 0.1) is 17.7 Å². The van der Waals surface area contributed by atoms with E-state index in [9.17, 15) is 18.0 Å². The van der Waals surface area contributed by atoms with E-state index in [0.717, 1.165) is 9.87 Å². The molecule has 3 aromatic rings. The van der Waals surface area contributed by atoms with Crippen LogP contribution in [0.5, 0.6) is 5.75 Å². The van der Waals surface area contributed by atoms with Gasteiger partial charge in [-0.05, 0) is 66.8 Å². The quantitative estimate of drug-likeness (QED) is 0.283. The Balaban J connectivity index is 2.07. The van der Waals surface area contributed by atoms with Crippen molar-refractivity contribution in [3.05, 3.63) is 88.9 Å². The van der Waals surface area contributed by atoms with Crippen LogP contribution < -0.4 is 14.4 Å². The molecule has 0 bridgehead atoms. The van der Waals surface area contributed by atoms with Crippen molar-refractivity contribution in [2.45, 2.75) is 51.6 Å². The molecule has 0 fully saturated rings. The minimum absolute atomic E-state index is 0.0376. The normalized spacial score (nSPS) is 12.1. The van der Waals surface area contributed by atoms with Crippen LogP contribution in [0.25, 0.3) is 0 Å². The van der Waals surface area contributed by atoms with Crippen LogP contribution in [0, 0.1) is 12.8 Å². The molecule has 2 amide bonds. The van der Waals surface area contributed by atoms with E-state index in [2.05, 4.69) is 5.32 Å². The Hall–Kier alpha value is -3.56. The number of ether oxygens (including phenoxy) is 1. The van der Waals surface area contributed by atoms with E-state index in [4.69, 9.17) is 16.3 Å². The highest BCUT2D eigenvalue weighted by Gasteiger charge is 2.34. The third kappa shape index (κ3) is 8.01. The molecule has 0 radical (unpaired) electrons. The van der Waals surface area contributed by atoms with Gasteiger partial charge in [-0.15, -0.1) is 0 Å². The standard InChI is InChI=1S/C31H38ClN3O5S/c1-6-28(31(37)33-19-22(2)3)34(20-24-15-17-25(40-5)18-16-24)30(36)21-35(29-14-10-13-27(32)23(29)4)41(38,39)26-11-8-7-9-12-26/h7-18,22,28H,6,19-21H2,1-5H3,(H,33,37)/t28-/m1/s1. The maximum atomic E-state index is 14.2. The lowest BCUT2D eigenvalue weighted by atomic mass is 10.1. The first-order valence-corrected chi connectivity index (χ1v) is 15.3. The summed E-state index contributed by atoms with van der Waals surface area (Å²) in [5.74, 6) is 0.0649. The fourth-order valence-electron chi connectivity index (χ4n) is 4.37. The number of halogens is 1. The molecule has 0 unspecified atom stereocenters. The van der Waals surface area contributed by atoms with Gasteiger partial charge in [0.2, 0.25) is 11.8 Å². The zero-order chi connectivity index (χ0) is 30.2. The summed E-state index contributed by atoms with van der Waals surface area (Å²) in [6.45, 7) is 7.54. The minimum atomic E-state index is -4.17. The summed E-state index contributed by atoms with van der Waals surface area (Å²) in [4.78, 5) is 29.0. The molecular weight excluding hydrogens is 562 g/mol. The molecule has 1 atom stereocenters. The molecule has 1 N–H and O–H groups in total. The van der Waals surface area contributed by atoms with Crippen molar-refractivity contribution in [3.8, 4) is 5.75 Å². The number of nitrogens with zero attached hydrogens (tertiary/aromatic N) is 2. The Labute approximate surface area is 248 Å². The Morgan fingerprint density at radius 1 is 0.976 bits per heavy atom. The van der Waals surface area contributed by atoms with E-state index in [-0.39, 0.29) is 29.0 Å². The lowest BCUT2D eigenvalue weighted by molar-refractivity contribution is -0.140. The predicted octanol–water partition coefficient (Wildman–Crippen LogP) is 5.43.